The molecule has 0 aliphatic rings. The third-order valence-corrected chi connectivity index (χ3v) is 1.76. The molecule has 0 bridgehead atoms. The number of amides is 2. The highest BCUT2D eigenvalue weighted by atomic mass is 16.6. The Morgan fingerprint density at radius 1 is 1.21 bits per heavy atom. The molecule has 0 aromatic carbocycles. The molecular formula is C12H20N2O5. The number of esters is 1. The Labute approximate surface area is 112 Å². The predicted molar refractivity (Wildman–Crippen MR) is 68.2 cm³/mol. The van der Waals surface area contributed by atoms with Crippen LogP contribution in [0.4, 0.5) is 4.79 Å². The Balaban J connectivity index is 4.20. The van der Waals surface area contributed by atoms with Gasteiger partial charge in [-0.2, -0.15) is 0 Å². The van der Waals surface area contributed by atoms with Gasteiger partial charge < -0.3 is 20.1 Å². The second kappa shape index (κ2) is 7.40. The number of hydrogen-bond acceptors (Lipinski definition) is 5. The van der Waals surface area contributed by atoms with E-state index in [2.05, 4.69) is 15.4 Å². The van der Waals surface area contributed by atoms with Crippen molar-refractivity contribution >= 4 is 18.0 Å². The zero-order valence-electron chi connectivity index (χ0n) is 11.8. The van der Waals surface area contributed by atoms with Crippen molar-refractivity contribution in [1.29, 1.82) is 0 Å². The van der Waals surface area contributed by atoms with Crippen LogP contribution in [0.15, 0.2) is 11.8 Å². The molecule has 0 rings (SSSR count). The zero-order chi connectivity index (χ0) is 15.1. The van der Waals surface area contributed by atoms with Gasteiger partial charge >= 0.3 is 12.1 Å². The van der Waals surface area contributed by atoms with Crippen LogP contribution >= 0.6 is 0 Å². The lowest BCUT2D eigenvalue weighted by atomic mass is 10.2. The quantitative estimate of drug-likeness (QED) is 0.580. The fraction of sp³-hybridized carbons (Fsp3) is 0.583. The smallest absolute Gasteiger partial charge is 0.408 e. The van der Waals surface area contributed by atoms with Crippen LogP contribution in [0, 0.1) is 0 Å². The Morgan fingerprint density at radius 2 is 1.79 bits per heavy atom. The second-order valence-corrected chi connectivity index (χ2v) is 4.60. The van der Waals surface area contributed by atoms with E-state index >= 15 is 0 Å². The predicted octanol–water partition coefficient (Wildman–Crippen LogP) is 0.704. The van der Waals surface area contributed by atoms with Gasteiger partial charge in [0.05, 0.1) is 7.11 Å². The van der Waals surface area contributed by atoms with Crippen molar-refractivity contribution in [1.82, 2.24) is 10.6 Å². The molecule has 0 aliphatic carbocycles. The van der Waals surface area contributed by atoms with Crippen LogP contribution < -0.4 is 10.6 Å². The van der Waals surface area contributed by atoms with Gasteiger partial charge in [0.15, 0.2) is 0 Å². The first kappa shape index (κ1) is 16.9. The SMILES string of the molecule is C/C=C(\NC(=O)CNC(=O)OC(C)(C)C)C(=O)OC. The fourth-order valence-corrected chi connectivity index (χ4v) is 1.01. The van der Waals surface area contributed by atoms with Gasteiger partial charge in [-0.25, -0.2) is 9.59 Å². The lowest BCUT2D eigenvalue weighted by molar-refractivity contribution is -0.137. The minimum Gasteiger partial charge on any atom is -0.464 e. The number of methoxy groups -OCH3 is 1. The van der Waals surface area contributed by atoms with Crippen LogP contribution in [0.3, 0.4) is 0 Å². The van der Waals surface area contributed by atoms with E-state index in [9.17, 15) is 14.4 Å². The maximum Gasteiger partial charge on any atom is 0.408 e. The normalized spacial score (nSPS) is 11.5. The van der Waals surface area contributed by atoms with Crippen molar-refractivity contribution < 1.29 is 23.9 Å². The first-order valence-corrected chi connectivity index (χ1v) is 5.71. The van der Waals surface area contributed by atoms with E-state index in [4.69, 9.17) is 4.74 Å². The average Bonchev–Trinajstić information content (AvgIpc) is 2.30. The van der Waals surface area contributed by atoms with Gasteiger partial charge in [-0.3, -0.25) is 4.79 Å². The van der Waals surface area contributed by atoms with Crippen molar-refractivity contribution in [3.63, 3.8) is 0 Å². The molecule has 108 valence electrons. The summed E-state index contributed by atoms with van der Waals surface area (Å²) in [5, 5.41) is 4.59. The third-order valence-electron chi connectivity index (χ3n) is 1.76. The summed E-state index contributed by atoms with van der Waals surface area (Å²) in [5.74, 6) is -1.21. The molecule has 0 aromatic rings. The van der Waals surface area contributed by atoms with Crippen molar-refractivity contribution in [2.45, 2.75) is 33.3 Å². The maximum atomic E-state index is 11.5. The summed E-state index contributed by atoms with van der Waals surface area (Å²) >= 11 is 0. The number of hydrogen-bond donors (Lipinski definition) is 2. The molecule has 2 amide bonds. The van der Waals surface area contributed by atoms with Gasteiger partial charge in [-0.15, -0.1) is 0 Å². The Hall–Kier alpha value is -2.05. The lowest BCUT2D eigenvalue weighted by Crippen LogP contribution is -2.40. The molecule has 7 heteroatoms. The van der Waals surface area contributed by atoms with E-state index in [-0.39, 0.29) is 12.2 Å². The fourth-order valence-electron chi connectivity index (χ4n) is 1.01. The van der Waals surface area contributed by atoms with Crippen LogP contribution in [0.25, 0.3) is 0 Å². The van der Waals surface area contributed by atoms with Crippen LogP contribution in [-0.2, 0) is 19.1 Å². The molecule has 19 heavy (non-hydrogen) atoms. The van der Waals surface area contributed by atoms with E-state index in [1.54, 1.807) is 27.7 Å². The highest BCUT2D eigenvalue weighted by molar-refractivity contribution is 5.94. The van der Waals surface area contributed by atoms with Crippen LogP contribution in [0.2, 0.25) is 0 Å². The summed E-state index contributed by atoms with van der Waals surface area (Å²) in [5.41, 5.74) is -0.625. The molecule has 0 heterocycles. The Bertz CT molecular complexity index is 382. The first-order chi connectivity index (χ1) is 8.69. The zero-order valence-corrected chi connectivity index (χ0v) is 11.8. The molecule has 7 nitrogen and oxygen atoms in total. The van der Waals surface area contributed by atoms with Crippen LogP contribution in [0.1, 0.15) is 27.7 Å². The van der Waals surface area contributed by atoms with Crippen molar-refractivity contribution in [2.75, 3.05) is 13.7 Å². The van der Waals surface area contributed by atoms with Gasteiger partial charge in [-0.1, -0.05) is 6.08 Å². The largest absolute Gasteiger partial charge is 0.464 e. The van der Waals surface area contributed by atoms with Crippen molar-refractivity contribution in [2.24, 2.45) is 0 Å². The summed E-state index contributed by atoms with van der Waals surface area (Å²) < 4.78 is 9.41. The molecule has 0 fully saturated rings. The minimum atomic E-state index is -0.706. The summed E-state index contributed by atoms with van der Waals surface area (Å²) in [6.07, 6.45) is 0.694. The van der Waals surface area contributed by atoms with E-state index in [1.807, 2.05) is 0 Å². The number of alkyl carbamates (subject to hydrolysis) is 1. The topological polar surface area (TPSA) is 93.7 Å². The molecule has 0 radical (unpaired) electrons. The van der Waals surface area contributed by atoms with E-state index in [0.29, 0.717) is 0 Å². The molecule has 0 unspecified atom stereocenters. The molecule has 0 aliphatic heterocycles. The Kier molecular flexibility index (Phi) is 6.60. The lowest BCUT2D eigenvalue weighted by Gasteiger charge is -2.19. The molecule has 0 saturated heterocycles. The van der Waals surface area contributed by atoms with Crippen molar-refractivity contribution in [3.05, 3.63) is 11.8 Å². The van der Waals surface area contributed by atoms with E-state index in [1.165, 1.54) is 13.2 Å². The number of ether oxygens (including phenoxy) is 2. The number of carbonyl (C=O) groups is 3. The number of rotatable bonds is 4. The molecule has 0 atom stereocenters. The highest BCUT2D eigenvalue weighted by Gasteiger charge is 2.17. The maximum absolute atomic E-state index is 11.5. The molecule has 0 spiro atoms. The van der Waals surface area contributed by atoms with E-state index in [0.717, 1.165) is 0 Å². The second-order valence-electron chi connectivity index (χ2n) is 4.60. The number of carbonyl (C=O) groups excluding carboxylic acids is 3. The summed E-state index contributed by atoms with van der Waals surface area (Å²) in [4.78, 5) is 33.9. The van der Waals surface area contributed by atoms with Crippen LogP contribution in [-0.4, -0.2) is 37.2 Å². The minimum absolute atomic E-state index is 0.0125. The van der Waals surface area contributed by atoms with Gasteiger partial charge in [0.1, 0.15) is 17.8 Å². The van der Waals surface area contributed by atoms with Crippen LogP contribution in [0.5, 0.6) is 0 Å². The summed E-state index contributed by atoms with van der Waals surface area (Å²) in [6, 6.07) is 0. The standard InChI is InChI=1S/C12H20N2O5/c1-6-8(10(16)18-5)14-9(15)7-13-11(17)19-12(2,3)4/h6H,7H2,1-5H3,(H,13,17)(H,14,15)/b8-6-. The average molecular weight is 272 g/mol. The van der Waals surface area contributed by atoms with Gasteiger partial charge in [0.25, 0.3) is 0 Å². The Morgan fingerprint density at radius 3 is 2.21 bits per heavy atom. The summed E-state index contributed by atoms with van der Waals surface area (Å²) in [7, 11) is 1.21. The molecule has 2 N–H and O–H groups in total. The van der Waals surface area contributed by atoms with Gasteiger partial charge in [0, 0.05) is 0 Å². The highest BCUT2D eigenvalue weighted by Crippen LogP contribution is 2.06. The van der Waals surface area contributed by atoms with Crippen molar-refractivity contribution in [3.8, 4) is 0 Å². The molecular weight excluding hydrogens is 252 g/mol. The summed E-state index contributed by atoms with van der Waals surface area (Å²) in [6.45, 7) is 6.41. The third kappa shape index (κ3) is 7.80. The van der Waals surface area contributed by atoms with Gasteiger partial charge in [0.2, 0.25) is 5.91 Å². The van der Waals surface area contributed by atoms with Gasteiger partial charge in [-0.05, 0) is 27.7 Å². The molecule has 0 aromatic heterocycles. The molecule has 0 saturated carbocycles. The number of allylic oxidation sites excluding steroid dienone is 1. The monoisotopic (exact) mass is 272 g/mol. The first-order valence-electron chi connectivity index (χ1n) is 5.71. The number of nitrogens with one attached hydrogen (secondary N) is 2. The van der Waals surface area contributed by atoms with E-state index < -0.39 is 23.6 Å².